The van der Waals surface area contributed by atoms with Gasteiger partial charge in [-0.05, 0) is 51.0 Å². The Morgan fingerprint density at radius 2 is 1.59 bits per heavy atom. The van der Waals surface area contributed by atoms with Crippen molar-refractivity contribution in [2.75, 3.05) is 39.4 Å². The molecule has 1 fully saturated rings. The Labute approximate surface area is 201 Å². The second-order valence-electron chi connectivity index (χ2n) is 8.12. The largest absolute Gasteiger partial charge is 0.872 e. The summed E-state index contributed by atoms with van der Waals surface area (Å²) in [6, 6.07) is 13.2. The molecule has 7 heteroatoms. The van der Waals surface area contributed by atoms with E-state index in [4.69, 9.17) is 9.47 Å². The number of nitrogens with zero attached hydrogens (tertiary/aromatic N) is 1. The molecule has 1 heterocycles. The van der Waals surface area contributed by atoms with Crippen molar-refractivity contribution in [2.24, 2.45) is 0 Å². The van der Waals surface area contributed by atoms with Gasteiger partial charge in [0.15, 0.2) is 11.5 Å². The second kappa shape index (κ2) is 11.7. The molecule has 1 aliphatic rings. The molecule has 7 nitrogen and oxygen atoms in total. The predicted molar refractivity (Wildman–Crippen MR) is 129 cm³/mol. The van der Waals surface area contributed by atoms with Crippen molar-refractivity contribution in [1.29, 1.82) is 0 Å². The topological polar surface area (TPSA) is 83.3 Å². The number of amides is 1. The van der Waals surface area contributed by atoms with Crippen LogP contribution in [0.2, 0.25) is 0 Å². The molecule has 1 amide bonds. The quantitative estimate of drug-likeness (QED) is 0.309. The average Bonchev–Trinajstić information content (AvgIpc) is 3.11. The van der Waals surface area contributed by atoms with Gasteiger partial charge in [-0.1, -0.05) is 42.2 Å². The van der Waals surface area contributed by atoms with E-state index in [0.717, 1.165) is 13.1 Å². The molecule has 0 radical (unpaired) electrons. The number of rotatable bonds is 11. The first kappa shape index (κ1) is 25.3. The third kappa shape index (κ3) is 5.25. The van der Waals surface area contributed by atoms with Gasteiger partial charge in [0.25, 0.3) is 5.91 Å². The summed E-state index contributed by atoms with van der Waals surface area (Å²) in [5.74, 6) is -0.690. The van der Waals surface area contributed by atoms with Gasteiger partial charge in [0.1, 0.15) is 0 Å². The number of likely N-dealkylation sites (tertiary alicyclic amines) is 1. The lowest BCUT2D eigenvalue weighted by Gasteiger charge is -2.29. The highest BCUT2D eigenvalue weighted by atomic mass is 16.5. The van der Waals surface area contributed by atoms with Gasteiger partial charge in [0, 0.05) is 5.57 Å². The van der Waals surface area contributed by atoms with Gasteiger partial charge in [-0.3, -0.25) is 9.59 Å². The van der Waals surface area contributed by atoms with Crippen LogP contribution in [0.15, 0.2) is 54.1 Å². The molecule has 182 valence electrons. The van der Waals surface area contributed by atoms with Crippen LogP contribution in [0.5, 0.6) is 11.5 Å². The Morgan fingerprint density at radius 1 is 0.941 bits per heavy atom. The van der Waals surface area contributed by atoms with Crippen molar-refractivity contribution >= 4 is 17.4 Å². The normalized spacial score (nSPS) is 17.4. The predicted octanol–water partition coefficient (Wildman–Crippen LogP) is 1.63. The van der Waals surface area contributed by atoms with Gasteiger partial charge < -0.3 is 24.4 Å². The zero-order valence-electron chi connectivity index (χ0n) is 20.4. The Balaban J connectivity index is 2.13. The number of ether oxygens (including phenoxy) is 2. The van der Waals surface area contributed by atoms with Crippen molar-refractivity contribution in [2.45, 2.75) is 33.7 Å². The lowest BCUT2D eigenvalue weighted by atomic mass is 9.95. The first-order valence-corrected chi connectivity index (χ1v) is 12.0. The summed E-state index contributed by atoms with van der Waals surface area (Å²) in [5, 5.41) is 13.5. The molecule has 2 aromatic rings. The molecule has 1 atom stereocenters. The van der Waals surface area contributed by atoms with Gasteiger partial charge >= 0.3 is 0 Å². The molecule has 1 unspecified atom stereocenters. The summed E-state index contributed by atoms with van der Waals surface area (Å²) in [7, 11) is 0. The number of likely N-dealkylation sites (N-methyl/N-ethyl adjacent to an activating group) is 1. The van der Waals surface area contributed by atoms with E-state index in [2.05, 4.69) is 13.8 Å². The smallest absolute Gasteiger partial charge is 0.295 e. The minimum Gasteiger partial charge on any atom is -0.872 e. The third-order valence-electron chi connectivity index (χ3n) is 6.15. The Bertz CT molecular complexity index is 1030. The van der Waals surface area contributed by atoms with E-state index < -0.39 is 23.5 Å². The summed E-state index contributed by atoms with van der Waals surface area (Å²) in [5.41, 5.74) is 1.02. The van der Waals surface area contributed by atoms with Gasteiger partial charge in [-0.25, -0.2) is 0 Å². The highest BCUT2D eigenvalue weighted by Gasteiger charge is 2.44. The molecular formula is C27H34N2O5. The number of hydrogen-bond donors (Lipinski definition) is 1. The number of benzene rings is 2. The van der Waals surface area contributed by atoms with Crippen LogP contribution >= 0.6 is 0 Å². The third-order valence-corrected chi connectivity index (χ3v) is 6.15. The Hall–Kier alpha value is -3.32. The summed E-state index contributed by atoms with van der Waals surface area (Å²) in [6.45, 7) is 11.7. The number of hydrogen-bond acceptors (Lipinski definition) is 5. The van der Waals surface area contributed by atoms with Crippen LogP contribution in [0.25, 0.3) is 5.76 Å². The van der Waals surface area contributed by atoms with Gasteiger partial charge in [0.2, 0.25) is 5.78 Å². The number of carbonyl (C=O) groups is 2. The van der Waals surface area contributed by atoms with Crippen LogP contribution in [0.4, 0.5) is 0 Å². The van der Waals surface area contributed by atoms with Crippen LogP contribution in [0.3, 0.4) is 0 Å². The highest BCUT2D eigenvalue weighted by molar-refractivity contribution is 6.46. The van der Waals surface area contributed by atoms with Crippen LogP contribution in [0, 0.1) is 0 Å². The molecule has 34 heavy (non-hydrogen) atoms. The van der Waals surface area contributed by atoms with Gasteiger partial charge in [-0.2, -0.15) is 0 Å². The molecule has 0 spiro atoms. The molecule has 0 saturated carbocycles. The fourth-order valence-corrected chi connectivity index (χ4v) is 4.31. The maximum Gasteiger partial charge on any atom is 0.295 e. The summed E-state index contributed by atoms with van der Waals surface area (Å²) >= 11 is 0. The van der Waals surface area contributed by atoms with E-state index in [0.29, 0.717) is 48.9 Å². The summed E-state index contributed by atoms with van der Waals surface area (Å²) in [6.07, 6.45) is 0. The minimum atomic E-state index is -0.780. The van der Waals surface area contributed by atoms with E-state index in [1.165, 1.54) is 9.80 Å². The number of Topliss-reactive ketones (excluding diaryl/α,β-unsaturated/α-hetero) is 1. The SMILES string of the molecule is CCOc1ccc(C2/C(=C(\[O-])c3ccccc3)C(=O)C(=O)N2CC[NH+](CC)CC)cc1OCC. The van der Waals surface area contributed by atoms with E-state index in [9.17, 15) is 14.7 Å². The molecule has 1 aliphatic heterocycles. The highest BCUT2D eigenvalue weighted by Crippen LogP contribution is 2.41. The van der Waals surface area contributed by atoms with Crippen LogP contribution in [-0.2, 0) is 9.59 Å². The average molecular weight is 467 g/mol. The van der Waals surface area contributed by atoms with Crippen LogP contribution in [-0.4, -0.2) is 56.0 Å². The van der Waals surface area contributed by atoms with Crippen molar-refractivity contribution in [3.05, 3.63) is 65.2 Å². The Kier molecular flexibility index (Phi) is 8.71. The molecule has 1 saturated heterocycles. The first-order valence-electron chi connectivity index (χ1n) is 12.0. The van der Waals surface area contributed by atoms with Gasteiger partial charge in [-0.15, -0.1) is 0 Å². The molecular weight excluding hydrogens is 432 g/mol. The second-order valence-corrected chi connectivity index (χ2v) is 8.12. The lowest BCUT2D eigenvalue weighted by Crippen LogP contribution is -3.12. The summed E-state index contributed by atoms with van der Waals surface area (Å²) < 4.78 is 11.5. The minimum absolute atomic E-state index is 0.0163. The fourth-order valence-electron chi connectivity index (χ4n) is 4.31. The monoisotopic (exact) mass is 466 g/mol. The standard InChI is InChI=1S/C27H34N2O5/c1-5-28(6-2)16-17-29-24(20-14-15-21(33-7-3)22(18-20)34-8-4)23(26(31)27(29)32)25(30)19-12-10-9-11-13-19/h9-15,18,24,30H,5-8,16-17H2,1-4H3/b25-23+. The van der Waals surface area contributed by atoms with E-state index in [1.807, 2.05) is 13.8 Å². The zero-order chi connectivity index (χ0) is 24.7. The van der Waals surface area contributed by atoms with E-state index in [1.54, 1.807) is 48.5 Å². The number of quaternary nitrogens is 1. The van der Waals surface area contributed by atoms with Crippen molar-refractivity contribution in [1.82, 2.24) is 4.90 Å². The van der Waals surface area contributed by atoms with Crippen molar-refractivity contribution in [3.63, 3.8) is 0 Å². The molecule has 0 aliphatic carbocycles. The number of carbonyl (C=O) groups excluding carboxylic acids is 2. The molecule has 3 rings (SSSR count). The van der Waals surface area contributed by atoms with Crippen LogP contribution in [0.1, 0.15) is 44.9 Å². The van der Waals surface area contributed by atoms with Crippen molar-refractivity contribution < 1.29 is 29.1 Å². The van der Waals surface area contributed by atoms with Crippen molar-refractivity contribution in [3.8, 4) is 11.5 Å². The lowest BCUT2D eigenvalue weighted by molar-refractivity contribution is -0.895. The molecule has 2 aromatic carbocycles. The number of nitrogens with one attached hydrogen (secondary N) is 1. The van der Waals surface area contributed by atoms with E-state index in [-0.39, 0.29) is 5.57 Å². The maximum atomic E-state index is 13.5. The summed E-state index contributed by atoms with van der Waals surface area (Å²) in [4.78, 5) is 29.2. The maximum absolute atomic E-state index is 13.5. The fraction of sp³-hybridized carbons (Fsp3) is 0.407. The molecule has 0 bridgehead atoms. The molecule has 0 aromatic heterocycles. The first-order chi connectivity index (χ1) is 16.5. The van der Waals surface area contributed by atoms with Gasteiger partial charge in [0.05, 0.1) is 45.4 Å². The van der Waals surface area contributed by atoms with Crippen LogP contribution < -0.4 is 19.5 Å². The Morgan fingerprint density at radius 3 is 2.21 bits per heavy atom. The zero-order valence-corrected chi connectivity index (χ0v) is 20.4. The van der Waals surface area contributed by atoms with E-state index >= 15 is 0 Å². The molecule has 1 N–H and O–H groups in total. The number of ketones is 1.